The molecule has 6 nitrogen and oxygen atoms in total. The Kier molecular flexibility index (Phi) is 7.71. The highest BCUT2D eigenvalue weighted by Crippen LogP contribution is 2.23. The third-order valence-electron chi connectivity index (χ3n) is 5.36. The Morgan fingerprint density at radius 2 is 1.57 bits per heavy atom. The molecule has 2 aromatic rings. The van der Waals surface area contributed by atoms with Crippen molar-refractivity contribution in [3.8, 4) is 11.5 Å². The molecule has 30 heavy (non-hydrogen) atoms. The summed E-state index contributed by atoms with van der Waals surface area (Å²) in [5.41, 5.74) is 0.534. The van der Waals surface area contributed by atoms with Gasteiger partial charge in [0, 0.05) is 17.6 Å². The number of hydrogen-bond acceptors (Lipinski definition) is 4. The van der Waals surface area contributed by atoms with Crippen molar-refractivity contribution >= 4 is 11.8 Å². The molecule has 2 aromatic carbocycles. The van der Waals surface area contributed by atoms with Gasteiger partial charge in [0.05, 0.1) is 6.54 Å². The van der Waals surface area contributed by atoms with Gasteiger partial charge in [-0.05, 0) is 69.5 Å². The van der Waals surface area contributed by atoms with Crippen molar-refractivity contribution < 1.29 is 19.1 Å². The van der Waals surface area contributed by atoms with Crippen LogP contribution >= 0.6 is 0 Å². The molecule has 3 rings (SSSR count). The summed E-state index contributed by atoms with van der Waals surface area (Å²) < 4.78 is 11.2. The van der Waals surface area contributed by atoms with Gasteiger partial charge < -0.3 is 19.7 Å². The highest BCUT2D eigenvalue weighted by Gasteiger charge is 2.28. The number of para-hydroxylation sites is 1. The minimum Gasteiger partial charge on any atom is -0.492 e. The topological polar surface area (TPSA) is 67.9 Å². The van der Waals surface area contributed by atoms with Crippen LogP contribution in [0.15, 0.2) is 54.6 Å². The first-order valence-electron chi connectivity index (χ1n) is 10.5. The van der Waals surface area contributed by atoms with E-state index in [1.807, 2.05) is 35.2 Å². The van der Waals surface area contributed by atoms with Crippen LogP contribution in [-0.4, -0.2) is 48.6 Å². The monoisotopic (exact) mass is 410 g/mol. The van der Waals surface area contributed by atoms with Crippen LogP contribution in [0.5, 0.6) is 11.5 Å². The van der Waals surface area contributed by atoms with Gasteiger partial charge in [-0.3, -0.25) is 9.59 Å². The molecule has 1 heterocycles. The molecular formula is C24H30N2O4. The highest BCUT2D eigenvalue weighted by atomic mass is 16.5. The fourth-order valence-electron chi connectivity index (χ4n) is 3.79. The van der Waals surface area contributed by atoms with E-state index in [-0.39, 0.29) is 30.5 Å². The molecule has 1 aliphatic heterocycles. The van der Waals surface area contributed by atoms with E-state index in [0.717, 1.165) is 25.0 Å². The zero-order chi connectivity index (χ0) is 21.3. The highest BCUT2D eigenvalue weighted by molar-refractivity contribution is 5.94. The number of nitrogens with one attached hydrogen (secondary N) is 1. The maximum Gasteiger partial charge on any atom is 0.260 e. The van der Waals surface area contributed by atoms with Crippen LogP contribution in [0.25, 0.3) is 0 Å². The van der Waals surface area contributed by atoms with Crippen molar-refractivity contribution in [2.75, 3.05) is 19.8 Å². The van der Waals surface area contributed by atoms with E-state index in [9.17, 15) is 9.59 Å². The van der Waals surface area contributed by atoms with Crippen LogP contribution in [0.1, 0.15) is 43.5 Å². The van der Waals surface area contributed by atoms with Gasteiger partial charge >= 0.3 is 0 Å². The smallest absolute Gasteiger partial charge is 0.260 e. The Bertz CT molecular complexity index is 813. The van der Waals surface area contributed by atoms with Gasteiger partial charge in [0.25, 0.3) is 11.8 Å². The van der Waals surface area contributed by atoms with Crippen molar-refractivity contribution in [1.29, 1.82) is 0 Å². The molecule has 0 spiro atoms. The second-order valence-electron chi connectivity index (χ2n) is 7.66. The summed E-state index contributed by atoms with van der Waals surface area (Å²) in [6, 6.07) is 16.8. The van der Waals surface area contributed by atoms with E-state index >= 15 is 0 Å². The van der Waals surface area contributed by atoms with Gasteiger partial charge in [-0.1, -0.05) is 18.2 Å². The molecule has 0 radical (unpaired) electrons. The van der Waals surface area contributed by atoms with Crippen molar-refractivity contribution in [3.63, 3.8) is 0 Å². The Balaban J connectivity index is 1.41. The average Bonchev–Trinajstić information content (AvgIpc) is 2.76. The molecule has 2 unspecified atom stereocenters. The molecule has 1 aliphatic rings. The third-order valence-corrected chi connectivity index (χ3v) is 5.36. The number of nitrogens with zero attached hydrogens (tertiary/aromatic N) is 1. The van der Waals surface area contributed by atoms with E-state index in [1.54, 1.807) is 24.3 Å². The van der Waals surface area contributed by atoms with Crippen LogP contribution in [0.2, 0.25) is 0 Å². The van der Waals surface area contributed by atoms with Crippen LogP contribution in [-0.2, 0) is 4.79 Å². The van der Waals surface area contributed by atoms with Crippen LogP contribution < -0.4 is 14.8 Å². The summed E-state index contributed by atoms with van der Waals surface area (Å²) in [6.45, 7) is 4.99. The third kappa shape index (κ3) is 5.99. The lowest BCUT2D eigenvalue weighted by atomic mass is 9.97. The van der Waals surface area contributed by atoms with Gasteiger partial charge in [-0.25, -0.2) is 0 Å². The zero-order valence-electron chi connectivity index (χ0n) is 17.7. The van der Waals surface area contributed by atoms with Crippen molar-refractivity contribution in [3.05, 3.63) is 60.2 Å². The minimum absolute atomic E-state index is 0.00920. The average molecular weight is 411 g/mol. The molecule has 1 saturated heterocycles. The normalized spacial score (nSPS) is 18.5. The summed E-state index contributed by atoms with van der Waals surface area (Å²) in [4.78, 5) is 26.7. The van der Waals surface area contributed by atoms with Crippen LogP contribution in [0.3, 0.4) is 0 Å². The Hall–Kier alpha value is -3.02. The molecule has 1 fully saturated rings. The van der Waals surface area contributed by atoms with Gasteiger partial charge in [0.1, 0.15) is 18.1 Å². The predicted molar refractivity (Wildman–Crippen MR) is 116 cm³/mol. The van der Waals surface area contributed by atoms with Crippen molar-refractivity contribution in [2.45, 2.75) is 45.2 Å². The molecule has 0 bridgehead atoms. The first kappa shape index (κ1) is 21.7. The molecule has 0 saturated carbocycles. The van der Waals surface area contributed by atoms with Gasteiger partial charge in [0.2, 0.25) is 0 Å². The SMILES string of the molecule is CC1CCCC(C)N1C(=O)COc1ccc(C(=O)NCCOc2ccccc2)cc1. The molecular weight excluding hydrogens is 380 g/mol. The number of benzene rings is 2. The molecule has 160 valence electrons. The van der Waals surface area contributed by atoms with Gasteiger partial charge in [-0.15, -0.1) is 0 Å². The first-order chi connectivity index (χ1) is 14.5. The number of piperidine rings is 1. The fraction of sp³-hybridized carbons (Fsp3) is 0.417. The maximum atomic E-state index is 12.5. The number of ether oxygens (including phenoxy) is 2. The quantitative estimate of drug-likeness (QED) is 0.675. The van der Waals surface area contributed by atoms with Crippen molar-refractivity contribution in [1.82, 2.24) is 10.2 Å². The number of carbonyl (C=O) groups excluding carboxylic acids is 2. The van der Waals surface area contributed by atoms with E-state index in [4.69, 9.17) is 9.47 Å². The molecule has 1 N–H and O–H groups in total. The van der Waals surface area contributed by atoms with Crippen LogP contribution in [0, 0.1) is 0 Å². The maximum absolute atomic E-state index is 12.5. The minimum atomic E-state index is -0.176. The largest absolute Gasteiger partial charge is 0.492 e. The number of hydrogen-bond donors (Lipinski definition) is 1. The molecule has 6 heteroatoms. The number of carbonyl (C=O) groups is 2. The summed E-state index contributed by atoms with van der Waals surface area (Å²) in [5.74, 6) is 1.18. The van der Waals surface area contributed by atoms with Crippen LogP contribution in [0.4, 0.5) is 0 Å². The van der Waals surface area contributed by atoms with E-state index in [1.165, 1.54) is 0 Å². The lowest BCUT2D eigenvalue weighted by Gasteiger charge is -2.38. The molecule has 0 aromatic heterocycles. The molecule has 2 atom stereocenters. The Morgan fingerprint density at radius 1 is 0.933 bits per heavy atom. The van der Waals surface area contributed by atoms with E-state index < -0.39 is 0 Å². The number of amides is 2. The number of likely N-dealkylation sites (tertiary alicyclic amines) is 1. The predicted octanol–water partition coefficient (Wildman–Crippen LogP) is 3.66. The van der Waals surface area contributed by atoms with Gasteiger partial charge in [0.15, 0.2) is 6.61 Å². The van der Waals surface area contributed by atoms with E-state index in [0.29, 0.717) is 24.5 Å². The summed E-state index contributed by atoms with van der Waals surface area (Å²) in [7, 11) is 0. The van der Waals surface area contributed by atoms with E-state index in [2.05, 4.69) is 19.2 Å². The molecule has 0 aliphatic carbocycles. The molecule has 2 amide bonds. The first-order valence-corrected chi connectivity index (χ1v) is 10.5. The van der Waals surface area contributed by atoms with Crippen molar-refractivity contribution in [2.24, 2.45) is 0 Å². The lowest BCUT2D eigenvalue weighted by Crippen LogP contribution is -2.49. The second kappa shape index (κ2) is 10.7. The Morgan fingerprint density at radius 3 is 2.23 bits per heavy atom. The lowest BCUT2D eigenvalue weighted by molar-refractivity contribution is -0.139. The number of rotatable bonds is 8. The summed E-state index contributed by atoms with van der Waals surface area (Å²) in [5, 5.41) is 2.83. The van der Waals surface area contributed by atoms with Gasteiger partial charge in [-0.2, -0.15) is 0 Å². The zero-order valence-corrected chi connectivity index (χ0v) is 17.7. The summed E-state index contributed by atoms with van der Waals surface area (Å²) in [6.07, 6.45) is 3.24. The second-order valence-corrected chi connectivity index (χ2v) is 7.66. The standard InChI is InChI=1S/C24H30N2O4/c1-18-7-6-8-19(2)26(18)23(27)17-30-22-13-11-20(12-14-22)24(28)25-15-16-29-21-9-4-3-5-10-21/h3-5,9-14,18-19H,6-8,15-17H2,1-2H3,(H,25,28). The Labute approximate surface area is 178 Å². The summed E-state index contributed by atoms with van der Waals surface area (Å²) >= 11 is 0. The fourth-order valence-corrected chi connectivity index (χ4v) is 3.79.